The molecule has 0 unspecified atom stereocenters. The van der Waals surface area contributed by atoms with Gasteiger partial charge in [-0.05, 0) is 11.1 Å². The Morgan fingerprint density at radius 2 is 1.91 bits per heavy atom. The summed E-state index contributed by atoms with van der Waals surface area (Å²) >= 11 is 0. The van der Waals surface area contributed by atoms with E-state index in [-0.39, 0.29) is 0 Å². The van der Waals surface area contributed by atoms with Crippen LogP contribution >= 0.6 is 0 Å². The number of nitrogens with one attached hydrogen (secondary N) is 1. The molecule has 0 aromatic heterocycles. The summed E-state index contributed by atoms with van der Waals surface area (Å²) in [6.07, 6.45) is 5.69. The fourth-order valence-corrected chi connectivity index (χ4v) is 1.21. The standard InChI is InChI=1S/C10H9N/c11-7-9-3-1-2-4-10(9)8-5-6-8/h1-8,11H. The van der Waals surface area contributed by atoms with E-state index in [0.29, 0.717) is 5.92 Å². The lowest BCUT2D eigenvalue weighted by molar-refractivity contribution is 1.22. The second kappa shape index (κ2) is 2.35. The van der Waals surface area contributed by atoms with Crippen LogP contribution in [0, 0.1) is 5.41 Å². The minimum absolute atomic E-state index is 0.507. The molecule has 1 heteroatoms. The fraction of sp³-hybridized carbons (Fsp3) is 0.100. The highest BCUT2D eigenvalue weighted by Gasteiger charge is 2.15. The Hall–Kier alpha value is -1.37. The largest absolute Gasteiger partial charge is 0.308 e. The van der Waals surface area contributed by atoms with E-state index in [1.54, 1.807) is 0 Å². The molecule has 0 saturated carbocycles. The fourth-order valence-electron chi connectivity index (χ4n) is 1.21. The molecular weight excluding hydrogens is 134 g/mol. The Kier molecular flexibility index (Phi) is 1.35. The maximum absolute atomic E-state index is 7.15. The third-order valence-corrected chi connectivity index (χ3v) is 1.90. The van der Waals surface area contributed by atoms with Crippen molar-refractivity contribution in [2.24, 2.45) is 0 Å². The van der Waals surface area contributed by atoms with Gasteiger partial charge in [0.25, 0.3) is 0 Å². The van der Waals surface area contributed by atoms with Crippen molar-refractivity contribution in [2.45, 2.75) is 5.92 Å². The van der Waals surface area contributed by atoms with Gasteiger partial charge in [-0.1, -0.05) is 36.4 Å². The van der Waals surface area contributed by atoms with Crippen LogP contribution in [0.1, 0.15) is 17.0 Å². The van der Waals surface area contributed by atoms with E-state index in [1.165, 1.54) is 11.8 Å². The highest BCUT2D eigenvalue weighted by molar-refractivity contribution is 5.80. The first-order chi connectivity index (χ1) is 5.42. The van der Waals surface area contributed by atoms with Gasteiger partial charge in [0.2, 0.25) is 0 Å². The molecule has 0 bridgehead atoms. The van der Waals surface area contributed by atoms with Crippen LogP contribution in [0.25, 0.3) is 0 Å². The quantitative estimate of drug-likeness (QED) is 0.485. The molecule has 0 heterocycles. The maximum Gasteiger partial charge on any atom is 0.0253 e. The Morgan fingerprint density at radius 1 is 1.18 bits per heavy atom. The Balaban J connectivity index is 2.42. The van der Waals surface area contributed by atoms with Gasteiger partial charge in [0.1, 0.15) is 0 Å². The molecule has 0 radical (unpaired) electrons. The number of hydrogen-bond acceptors (Lipinski definition) is 1. The van der Waals surface area contributed by atoms with E-state index < -0.39 is 0 Å². The van der Waals surface area contributed by atoms with Crippen LogP contribution in [0.5, 0.6) is 0 Å². The smallest absolute Gasteiger partial charge is 0.0253 e. The van der Waals surface area contributed by atoms with Crippen LogP contribution in [-0.2, 0) is 0 Å². The molecule has 1 nitrogen and oxygen atoms in total. The molecule has 1 aromatic rings. The first kappa shape index (κ1) is 6.35. The van der Waals surface area contributed by atoms with E-state index >= 15 is 0 Å². The van der Waals surface area contributed by atoms with Gasteiger partial charge in [-0.15, -0.1) is 0 Å². The van der Waals surface area contributed by atoms with Gasteiger partial charge in [0, 0.05) is 12.1 Å². The average Bonchev–Trinajstić information content (AvgIpc) is 2.87. The van der Waals surface area contributed by atoms with Gasteiger partial charge < -0.3 is 5.41 Å². The first-order valence-electron chi connectivity index (χ1n) is 3.69. The van der Waals surface area contributed by atoms with Crippen molar-refractivity contribution in [3.05, 3.63) is 47.5 Å². The summed E-state index contributed by atoms with van der Waals surface area (Å²) in [5, 5.41) is 7.15. The Bertz CT molecular complexity index is 306. The van der Waals surface area contributed by atoms with E-state index in [0.717, 1.165) is 5.56 Å². The van der Waals surface area contributed by atoms with Crippen LogP contribution in [-0.4, -0.2) is 6.21 Å². The zero-order chi connectivity index (χ0) is 7.68. The highest BCUT2D eigenvalue weighted by atomic mass is 14.3. The van der Waals surface area contributed by atoms with Gasteiger partial charge >= 0.3 is 0 Å². The molecule has 0 spiro atoms. The highest BCUT2D eigenvalue weighted by Crippen LogP contribution is 2.31. The molecule has 0 aliphatic heterocycles. The summed E-state index contributed by atoms with van der Waals surface area (Å²) in [5.74, 6) is 0.507. The Labute approximate surface area is 65.9 Å². The van der Waals surface area contributed by atoms with E-state index in [9.17, 15) is 0 Å². The van der Waals surface area contributed by atoms with Gasteiger partial charge in [-0.2, -0.15) is 0 Å². The Morgan fingerprint density at radius 3 is 2.55 bits per heavy atom. The minimum Gasteiger partial charge on any atom is -0.308 e. The monoisotopic (exact) mass is 143 g/mol. The van der Waals surface area contributed by atoms with Crippen LogP contribution in [0.3, 0.4) is 0 Å². The minimum atomic E-state index is 0.507. The van der Waals surface area contributed by atoms with Crippen molar-refractivity contribution in [1.29, 1.82) is 5.41 Å². The summed E-state index contributed by atoms with van der Waals surface area (Å²) in [6.45, 7) is 0. The molecule has 54 valence electrons. The van der Waals surface area contributed by atoms with Gasteiger partial charge in [-0.3, -0.25) is 0 Å². The number of benzene rings is 1. The lowest BCUT2D eigenvalue weighted by atomic mass is 10.0. The molecule has 1 N–H and O–H groups in total. The van der Waals surface area contributed by atoms with Crippen molar-refractivity contribution in [1.82, 2.24) is 0 Å². The molecule has 0 fully saturated rings. The SMILES string of the molecule is N=Cc1ccccc1C1C=C1. The van der Waals surface area contributed by atoms with Crippen LogP contribution in [0.2, 0.25) is 0 Å². The lowest BCUT2D eigenvalue weighted by Gasteiger charge is -2.01. The van der Waals surface area contributed by atoms with Gasteiger partial charge in [-0.25, -0.2) is 0 Å². The average molecular weight is 143 g/mol. The zero-order valence-electron chi connectivity index (χ0n) is 6.12. The van der Waals surface area contributed by atoms with Crippen LogP contribution < -0.4 is 0 Å². The first-order valence-corrected chi connectivity index (χ1v) is 3.69. The van der Waals surface area contributed by atoms with Crippen molar-refractivity contribution < 1.29 is 0 Å². The van der Waals surface area contributed by atoms with Crippen molar-refractivity contribution in [3.63, 3.8) is 0 Å². The second-order valence-corrected chi connectivity index (χ2v) is 2.68. The summed E-state index contributed by atoms with van der Waals surface area (Å²) in [6, 6.07) is 8.03. The summed E-state index contributed by atoms with van der Waals surface area (Å²) in [4.78, 5) is 0. The molecule has 1 aromatic carbocycles. The normalized spacial score (nSPS) is 14.9. The second-order valence-electron chi connectivity index (χ2n) is 2.68. The molecule has 11 heavy (non-hydrogen) atoms. The van der Waals surface area contributed by atoms with Gasteiger partial charge in [0.15, 0.2) is 0 Å². The van der Waals surface area contributed by atoms with Crippen LogP contribution in [0.15, 0.2) is 36.4 Å². The van der Waals surface area contributed by atoms with E-state index in [1.807, 2.05) is 18.2 Å². The predicted molar refractivity (Wildman–Crippen MR) is 46.2 cm³/mol. The third-order valence-electron chi connectivity index (χ3n) is 1.90. The molecular formula is C10H9N. The molecule has 0 amide bonds. The third kappa shape index (κ3) is 1.09. The predicted octanol–water partition coefficient (Wildman–Crippen LogP) is 2.34. The molecule has 2 rings (SSSR count). The van der Waals surface area contributed by atoms with E-state index in [4.69, 9.17) is 5.41 Å². The molecule has 1 aliphatic carbocycles. The molecule has 1 aliphatic rings. The number of rotatable bonds is 2. The maximum atomic E-state index is 7.15. The number of hydrogen-bond donors (Lipinski definition) is 1. The van der Waals surface area contributed by atoms with Gasteiger partial charge in [0.05, 0.1) is 0 Å². The summed E-state index contributed by atoms with van der Waals surface area (Å²) in [7, 11) is 0. The summed E-state index contributed by atoms with van der Waals surface area (Å²) in [5.41, 5.74) is 2.28. The van der Waals surface area contributed by atoms with E-state index in [2.05, 4.69) is 18.2 Å². The van der Waals surface area contributed by atoms with Crippen LogP contribution in [0.4, 0.5) is 0 Å². The zero-order valence-corrected chi connectivity index (χ0v) is 6.12. The topological polar surface area (TPSA) is 23.9 Å². The number of allylic oxidation sites excluding steroid dienone is 2. The van der Waals surface area contributed by atoms with Crippen molar-refractivity contribution in [2.75, 3.05) is 0 Å². The summed E-state index contributed by atoms with van der Waals surface area (Å²) < 4.78 is 0. The van der Waals surface area contributed by atoms with Crippen molar-refractivity contribution >= 4 is 6.21 Å². The van der Waals surface area contributed by atoms with Crippen molar-refractivity contribution in [3.8, 4) is 0 Å². The molecule has 0 atom stereocenters. The molecule has 0 saturated heterocycles. The lowest BCUT2D eigenvalue weighted by Crippen LogP contribution is -1.88.